The van der Waals surface area contributed by atoms with Gasteiger partial charge in [-0.15, -0.1) is 0 Å². The summed E-state index contributed by atoms with van der Waals surface area (Å²) in [4.78, 5) is 11.4. The van der Waals surface area contributed by atoms with E-state index in [2.05, 4.69) is 5.32 Å². The maximum Gasteiger partial charge on any atom is 0.250 e. The number of methoxy groups -OCH3 is 1. The summed E-state index contributed by atoms with van der Waals surface area (Å²) >= 11 is 0. The molecule has 5 nitrogen and oxygen atoms in total. The first-order valence-electron chi connectivity index (χ1n) is 5.70. The van der Waals surface area contributed by atoms with Crippen LogP contribution in [0.4, 0.5) is 17.1 Å². The number of carbonyl (C=O) groups excluding carboxylic acids is 1. The van der Waals surface area contributed by atoms with Crippen molar-refractivity contribution in [1.29, 1.82) is 0 Å². The monoisotopic (exact) mass is 257 g/mol. The molecule has 1 amide bonds. The zero-order chi connectivity index (χ0) is 13.8. The van der Waals surface area contributed by atoms with Crippen LogP contribution in [0.3, 0.4) is 0 Å². The van der Waals surface area contributed by atoms with Crippen molar-refractivity contribution in [3.05, 3.63) is 48.0 Å². The highest BCUT2D eigenvalue weighted by molar-refractivity contribution is 6.00. The molecule has 0 aromatic heterocycles. The van der Waals surface area contributed by atoms with Crippen molar-refractivity contribution in [3.8, 4) is 5.75 Å². The first-order chi connectivity index (χ1) is 9.10. The summed E-state index contributed by atoms with van der Waals surface area (Å²) in [5.41, 5.74) is 13.2. The third-order valence-electron chi connectivity index (χ3n) is 2.66. The summed E-state index contributed by atoms with van der Waals surface area (Å²) in [6.45, 7) is 0. The van der Waals surface area contributed by atoms with Crippen molar-refractivity contribution in [2.24, 2.45) is 5.73 Å². The number of nitrogens with one attached hydrogen (secondary N) is 1. The zero-order valence-electron chi connectivity index (χ0n) is 10.5. The van der Waals surface area contributed by atoms with Gasteiger partial charge in [0.05, 0.1) is 18.4 Å². The van der Waals surface area contributed by atoms with Crippen LogP contribution in [-0.4, -0.2) is 13.0 Å². The molecule has 0 aliphatic heterocycles. The van der Waals surface area contributed by atoms with E-state index in [0.717, 1.165) is 11.4 Å². The highest BCUT2D eigenvalue weighted by Gasteiger charge is 2.09. The molecule has 0 aliphatic carbocycles. The molecule has 0 aliphatic rings. The Morgan fingerprint density at radius 3 is 2.68 bits per heavy atom. The minimum Gasteiger partial charge on any atom is -0.497 e. The third kappa shape index (κ3) is 2.95. The number of carbonyl (C=O) groups is 1. The first kappa shape index (κ1) is 12.8. The van der Waals surface area contributed by atoms with E-state index in [4.69, 9.17) is 16.2 Å². The highest BCUT2D eigenvalue weighted by atomic mass is 16.5. The summed E-state index contributed by atoms with van der Waals surface area (Å²) in [6.07, 6.45) is 0. The van der Waals surface area contributed by atoms with Crippen molar-refractivity contribution >= 4 is 23.0 Å². The fourth-order valence-corrected chi connectivity index (χ4v) is 1.73. The fourth-order valence-electron chi connectivity index (χ4n) is 1.73. The standard InChI is InChI=1S/C14H15N3O2/c1-19-11-4-2-3-10(8-11)17-13-6-5-9(15)7-12(13)14(16)18/h2-8,17H,15H2,1H3,(H2,16,18). The van der Waals surface area contributed by atoms with E-state index in [1.54, 1.807) is 25.3 Å². The molecule has 0 saturated carbocycles. The van der Waals surface area contributed by atoms with Gasteiger partial charge in [-0.1, -0.05) is 6.07 Å². The number of primary amides is 1. The lowest BCUT2D eigenvalue weighted by Gasteiger charge is -2.11. The molecule has 5 heteroatoms. The molecule has 0 radical (unpaired) electrons. The molecule has 0 fully saturated rings. The van der Waals surface area contributed by atoms with Crippen molar-refractivity contribution < 1.29 is 9.53 Å². The molecule has 0 bridgehead atoms. The second kappa shape index (κ2) is 5.30. The van der Waals surface area contributed by atoms with E-state index in [1.165, 1.54) is 0 Å². The smallest absolute Gasteiger partial charge is 0.250 e. The Morgan fingerprint density at radius 1 is 1.21 bits per heavy atom. The topological polar surface area (TPSA) is 90.4 Å². The Morgan fingerprint density at radius 2 is 2.00 bits per heavy atom. The number of rotatable bonds is 4. The van der Waals surface area contributed by atoms with Gasteiger partial charge in [-0.05, 0) is 30.3 Å². The molecule has 0 unspecified atom stereocenters. The number of ether oxygens (including phenoxy) is 1. The molecule has 2 aromatic rings. The lowest BCUT2D eigenvalue weighted by molar-refractivity contribution is 0.100. The van der Waals surface area contributed by atoms with Crippen LogP contribution in [0.2, 0.25) is 0 Å². The maximum absolute atomic E-state index is 11.4. The Kier molecular flexibility index (Phi) is 3.56. The number of nitrogens with two attached hydrogens (primary N) is 2. The minimum absolute atomic E-state index is 0.350. The molecular formula is C14H15N3O2. The number of amides is 1. The van der Waals surface area contributed by atoms with E-state index in [0.29, 0.717) is 16.9 Å². The summed E-state index contributed by atoms with van der Waals surface area (Å²) in [5, 5.41) is 3.12. The number of nitrogen functional groups attached to an aromatic ring is 1. The van der Waals surface area contributed by atoms with E-state index in [1.807, 2.05) is 24.3 Å². The second-order valence-electron chi connectivity index (χ2n) is 4.03. The molecule has 2 aromatic carbocycles. The number of hydrogen-bond acceptors (Lipinski definition) is 4. The normalized spacial score (nSPS) is 9.95. The Labute approximate surface area is 111 Å². The van der Waals surface area contributed by atoms with Gasteiger partial charge in [0.2, 0.25) is 0 Å². The highest BCUT2D eigenvalue weighted by Crippen LogP contribution is 2.25. The van der Waals surface area contributed by atoms with Gasteiger partial charge >= 0.3 is 0 Å². The predicted octanol–water partition coefficient (Wildman–Crippen LogP) is 2.12. The zero-order valence-corrected chi connectivity index (χ0v) is 10.5. The van der Waals surface area contributed by atoms with Crippen LogP contribution in [0.15, 0.2) is 42.5 Å². The summed E-state index contributed by atoms with van der Waals surface area (Å²) in [6, 6.07) is 12.3. The van der Waals surface area contributed by atoms with E-state index in [-0.39, 0.29) is 0 Å². The molecular weight excluding hydrogens is 242 g/mol. The lowest BCUT2D eigenvalue weighted by atomic mass is 10.1. The van der Waals surface area contributed by atoms with Crippen LogP contribution in [0.5, 0.6) is 5.75 Å². The Hall–Kier alpha value is -2.69. The molecule has 0 spiro atoms. The largest absolute Gasteiger partial charge is 0.497 e. The molecule has 0 atom stereocenters. The van der Waals surface area contributed by atoms with Crippen LogP contribution in [0.25, 0.3) is 0 Å². The maximum atomic E-state index is 11.4. The molecule has 5 N–H and O–H groups in total. The van der Waals surface area contributed by atoms with Crippen LogP contribution in [0, 0.1) is 0 Å². The number of hydrogen-bond donors (Lipinski definition) is 3. The van der Waals surface area contributed by atoms with Gasteiger partial charge in [-0.3, -0.25) is 4.79 Å². The Balaban J connectivity index is 2.34. The van der Waals surface area contributed by atoms with Gasteiger partial charge in [-0.2, -0.15) is 0 Å². The molecule has 2 rings (SSSR count). The van der Waals surface area contributed by atoms with Crippen molar-refractivity contribution in [1.82, 2.24) is 0 Å². The van der Waals surface area contributed by atoms with Gasteiger partial charge in [0, 0.05) is 17.4 Å². The van der Waals surface area contributed by atoms with Crippen LogP contribution in [-0.2, 0) is 0 Å². The fraction of sp³-hybridized carbons (Fsp3) is 0.0714. The van der Waals surface area contributed by atoms with E-state index in [9.17, 15) is 4.79 Å². The minimum atomic E-state index is -0.530. The first-order valence-corrected chi connectivity index (χ1v) is 5.70. The lowest BCUT2D eigenvalue weighted by Crippen LogP contribution is -2.13. The number of anilines is 3. The van der Waals surface area contributed by atoms with Gasteiger partial charge < -0.3 is 21.5 Å². The SMILES string of the molecule is COc1cccc(Nc2ccc(N)cc2C(N)=O)c1. The van der Waals surface area contributed by atoms with Crippen LogP contribution < -0.4 is 21.5 Å². The quantitative estimate of drug-likeness (QED) is 0.732. The molecule has 0 saturated heterocycles. The van der Waals surface area contributed by atoms with Gasteiger partial charge in [0.25, 0.3) is 5.91 Å². The van der Waals surface area contributed by atoms with Crippen LogP contribution >= 0.6 is 0 Å². The average molecular weight is 257 g/mol. The van der Waals surface area contributed by atoms with Crippen LogP contribution in [0.1, 0.15) is 10.4 Å². The molecule has 19 heavy (non-hydrogen) atoms. The average Bonchev–Trinajstić information content (AvgIpc) is 2.41. The second-order valence-corrected chi connectivity index (χ2v) is 4.03. The third-order valence-corrected chi connectivity index (χ3v) is 2.66. The van der Waals surface area contributed by atoms with Gasteiger partial charge in [0.1, 0.15) is 5.75 Å². The molecule has 0 heterocycles. The molecule has 98 valence electrons. The van der Waals surface area contributed by atoms with E-state index >= 15 is 0 Å². The summed E-state index contributed by atoms with van der Waals surface area (Å²) in [5.74, 6) is 0.193. The number of benzene rings is 2. The predicted molar refractivity (Wildman–Crippen MR) is 75.6 cm³/mol. The van der Waals surface area contributed by atoms with Crippen molar-refractivity contribution in [2.75, 3.05) is 18.2 Å². The van der Waals surface area contributed by atoms with Gasteiger partial charge in [-0.25, -0.2) is 0 Å². The Bertz CT molecular complexity index is 611. The van der Waals surface area contributed by atoms with Crippen molar-refractivity contribution in [2.45, 2.75) is 0 Å². The van der Waals surface area contributed by atoms with Gasteiger partial charge in [0.15, 0.2) is 0 Å². The summed E-state index contributed by atoms with van der Waals surface area (Å²) < 4.78 is 5.14. The van der Waals surface area contributed by atoms with E-state index < -0.39 is 5.91 Å². The summed E-state index contributed by atoms with van der Waals surface area (Å²) in [7, 11) is 1.59. The van der Waals surface area contributed by atoms with Crippen molar-refractivity contribution in [3.63, 3.8) is 0 Å².